The molecule has 0 amide bonds. The highest BCUT2D eigenvalue weighted by Gasteiger charge is 2.47. The van der Waals surface area contributed by atoms with Crippen molar-refractivity contribution in [2.24, 2.45) is 5.92 Å². The predicted molar refractivity (Wildman–Crippen MR) is 150 cm³/mol. The fraction of sp³-hybridized carbons (Fsp3) is 0.548. The maximum absolute atomic E-state index is 15.7. The van der Waals surface area contributed by atoms with Gasteiger partial charge in [-0.3, -0.25) is 4.79 Å². The highest BCUT2D eigenvalue weighted by atomic mass is 19.3. The number of pyridine rings is 1. The lowest BCUT2D eigenvalue weighted by Crippen LogP contribution is -2.48. The minimum Gasteiger partial charge on any atom is -0.361 e. The molecule has 7 nitrogen and oxygen atoms in total. The second kappa shape index (κ2) is 10.8. The molecule has 7 rings (SSSR count). The predicted octanol–water partition coefficient (Wildman–Crippen LogP) is 6.04. The normalized spacial score (nSPS) is 25.8. The van der Waals surface area contributed by atoms with Gasteiger partial charge in [0.25, 0.3) is 11.5 Å². The van der Waals surface area contributed by atoms with Gasteiger partial charge in [-0.05, 0) is 51.1 Å². The number of rotatable bonds is 1. The first-order valence-electron chi connectivity index (χ1n) is 14.7. The smallest absolute Gasteiger partial charge is 0.276 e. The van der Waals surface area contributed by atoms with Crippen LogP contribution in [0.2, 0.25) is 0 Å². The Labute approximate surface area is 237 Å². The van der Waals surface area contributed by atoms with Gasteiger partial charge < -0.3 is 14.8 Å². The first-order valence-corrected chi connectivity index (χ1v) is 14.7. The Kier molecular flexibility index (Phi) is 7.26. The van der Waals surface area contributed by atoms with Gasteiger partial charge >= 0.3 is 0 Å². The number of nitrogens with zero attached hydrogens (tertiary/aromatic N) is 5. The van der Waals surface area contributed by atoms with Crippen molar-refractivity contribution in [3.05, 3.63) is 63.3 Å². The minimum atomic E-state index is -3.28. The van der Waals surface area contributed by atoms with E-state index in [2.05, 4.69) is 26.5 Å². The van der Waals surface area contributed by atoms with Gasteiger partial charge in [0.1, 0.15) is 5.82 Å². The third-order valence-electron chi connectivity index (χ3n) is 9.08. The van der Waals surface area contributed by atoms with Gasteiger partial charge in [0.05, 0.1) is 34.8 Å². The van der Waals surface area contributed by atoms with Crippen LogP contribution in [-0.4, -0.2) is 39.3 Å². The number of alkyl halides is 2. The number of fused-ring (bicyclic) bond motifs is 8. The number of aromatic nitrogens is 3. The van der Waals surface area contributed by atoms with E-state index in [1.54, 1.807) is 23.8 Å². The molecule has 3 aromatic rings. The van der Waals surface area contributed by atoms with Gasteiger partial charge in [0.2, 0.25) is 0 Å². The molecule has 1 saturated heterocycles. The number of benzene rings is 1. The molecule has 0 spiro atoms. The molecule has 41 heavy (non-hydrogen) atoms. The Morgan fingerprint density at radius 1 is 1.07 bits per heavy atom. The van der Waals surface area contributed by atoms with Crippen LogP contribution in [0.5, 0.6) is 0 Å². The summed E-state index contributed by atoms with van der Waals surface area (Å²) >= 11 is 0. The minimum absolute atomic E-state index is 0.103. The van der Waals surface area contributed by atoms with Crippen LogP contribution in [0.15, 0.2) is 35.3 Å². The number of anilines is 1. The van der Waals surface area contributed by atoms with Crippen LogP contribution in [0.25, 0.3) is 10.9 Å². The SMILES string of the molecule is C[C@H]1Nc2nncc3c2cc(C2(C#N)CC2)c(=O)n3CCCCCCCN2CC(C2)CC(F)(F)c2cccc1c2F. The van der Waals surface area contributed by atoms with Crippen molar-refractivity contribution in [1.29, 1.82) is 5.26 Å². The molecule has 1 saturated carbocycles. The molecule has 2 aromatic heterocycles. The molecule has 5 heterocycles. The highest BCUT2D eigenvalue weighted by Crippen LogP contribution is 2.47. The monoisotopic (exact) mass is 564 g/mol. The van der Waals surface area contributed by atoms with Gasteiger partial charge in [0.15, 0.2) is 5.82 Å². The van der Waals surface area contributed by atoms with E-state index in [1.165, 1.54) is 18.2 Å². The number of halogens is 3. The first-order chi connectivity index (χ1) is 19.7. The first kappa shape index (κ1) is 27.7. The molecule has 0 unspecified atom stereocenters. The van der Waals surface area contributed by atoms with Crippen LogP contribution < -0.4 is 10.9 Å². The summed E-state index contributed by atoms with van der Waals surface area (Å²) in [5, 5.41) is 22.1. The largest absolute Gasteiger partial charge is 0.361 e. The fourth-order valence-corrected chi connectivity index (χ4v) is 6.49. The lowest BCUT2D eigenvalue weighted by atomic mass is 9.88. The van der Waals surface area contributed by atoms with Crippen molar-refractivity contribution in [1.82, 2.24) is 19.7 Å². The van der Waals surface area contributed by atoms with E-state index in [-0.39, 0.29) is 23.5 Å². The fourth-order valence-electron chi connectivity index (χ4n) is 6.49. The Morgan fingerprint density at radius 3 is 2.54 bits per heavy atom. The molecule has 4 aliphatic rings. The molecule has 2 fully saturated rings. The Balaban J connectivity index is 1.41. The van der Waals surface area contributed by atoms with E-state index in [1.807, 2.05) is 0 Å². The standard InChI is InChI=1S/C31H35F3N6O/c1-20-22-8-7-9-24(27(22)32)31(33,34)15-21-17-39(18-21)12-5-3-2-4-6-13-40-26-16-36-38-28(37-20)23(26)14-25(29(40)41)30(19-35)10-11-30/h7-9,14,16,20-21H,2-6,10-13,15,17-18H2,1H3,(H,37,38)/t20-/m1/s1. The molecular formula is C31H35F3N6O. The quantitative estimate of drug-likeness (QED) is 0.388. The average Bonchev–Trinajstić information content (AvgIpc) is 3.72. The van der Waals surface area contributed by atoms with Crippen LogP contribution in [0, 0.1) is 23.1 Å². The van der Waals surface area contributed by atoms with Crippen LogP contribution in [0.1, 0.15) is 81.0 Å². The van der Waals surface area contributed by atoms with E-state index >= 15 is 13.2 Å². The molecule has 8 bridgehead atoms. The van der Waals surface area contributed by atoms with Crippen LogP contribution in [0.3, 0.4) is 0 Å². The van der Waals surface area contributed by atoms with Gasteiger partial charge in [0, 0.05) is 42.6 Å². The number of nitriles is 1. The number of aryl methyl sites for hydroxylation is 1. The van der Waals surface area contributed by atoms with Crippen LogP contribution >= 0.6 is 0 Å². The third-order valence-corrected chi connectivity index (χ3v) is 9.08. The summed E-state index contributed by atoms with van der Waals surface area (Å²) in [5.41, 5.74) is -0.459. The maximum Gasteiger partial charge on any atom is 0.276 e. The lowest BCUT2D eigenvalue weighted by molar-refractivity contribution is -0.0592. The number of hydrogen-bond acceptors (Lipinski definition) is 6. The summed E-state index contributed by atoms with van der Waals surface area (Å²) in [5.74, 6) is -4.05. The lowest BCUT2D eigenvalue weighted by Gasteiger charge is -2.41. The third kappa shape index (κ3) is 5.21. The summed E-state index contributed by atoms with van der Waals surface area (Å²) < 4.78 is 48.1. The van der Waals surface area contributed by atoms with Crippen LogP contribution in [-0.2, 0) is 17.9 Å². The van der Waals surface area contributed by atoms with Gasteiger partial charge in [-0.2, -0.15) is 10.4 Å². The summed E-state index contributed by atoms with van der Waals surface area (Å²) in [6, 6.07) is 7.48. The summed E-state index contributed by atoms with van der Waals surface area (Å²) in [7, 11) is 0. The second-order valence-corrected chi connectivity index (χ2v) is 12.1. The molecule has 216 valence electrons. The molecule has 3 aliphatic heterocycles. The molecule has 1 atom stereocenters. The van der Waals surface area contributed by atoms with Crippen molar-refractivity contribution in [3.63, 3.8) is 0 Å². The van der Waals surface area contributed by atoms with Crippen molar-refractivity contribution < 1.29 is 13.2 Å². The zero-order valence-electron chi connectivity index (χ0n) is 23.3. The van der Waals surface area contributed by atoms with Gasteiger partial charge in [-0.1, -0.05) is 37.5 Å². The second-order valence-electron chi connectivity index (χ2n) is 12.1. The van der Waals surface area contributed by atoms with E-state index in [0.717, 1.165) is 38.6 Å². The Bertz CT molecular complexity index is 1550. The van der Waals surface area contributed by atoms with Crippen LogP contribution in [0.4, 0.5) is 19.0 Å². The van der Waals surface area contributed by atoms with E-state index in [9.17, 15) is 10.1 Å². The topological polar surface area (TPSA) is 86.8 Å². The van der Waals surface area contributed by atoms with Crippen molar-refractivity contribution in [2.75, 3.05) is 25.0 Å². The summed E-state index contributed by atoms with van der Waals surface area (Å²) in [6.07, 6.45) is 7.19. The van der Waals surface area contributed by atoms with Crippen molar-refractivity contribution in [2.45, 2.75) is 82.2 Å². The molecule has 1 aliphatic carbocycles. The molecule has 1 N–H and O–H groups in total. The summed E-state index contributed by atoms with van der Waals surface area (Å²) in [4.78, 5) is 15.9. The van der Waals surface area contributed by atoms with E-state index in [4.69, 9.17) is 0 Å². The summed E-state index contributed by atoms with van der Waals surface area (Å²) in [6.45, 7) is 4.28. The van der Waals surface area contributed by atoms with E-state index < -0.39 is 28.8 Å². The zero-order valence-corrected chi connectivity index (χ0v) is 23.3. The number of nitrogens with one attached hydrogen (secondary N) is 1. The van der Waals surface area contributed by atoms with Gasteiger partial charge in [-0.25, -0.2) is 13.2 Å². The molecule has 0 radical (unpaired) electrons. The molecular weight excluding hydrogens is 529 g/mol. The average molecular weight is 565 g/mol. The Hall–Kier alpha value is -3.45. The maximum atomic E-state index is 15.7. The Morgan fingerprint density at radius 2 is 1.80 bits per heavy atom. The highest BCUT2D eigenvalue weighted by molar-refractivity contribution is 5.89. The molecule has 10 heteroatoms. The van der Waals surface area contributed by atoms with Gasteiger partial charge in [-0.15, -0.1) is 5.10 Å². The van der Waals surface area contributed by atoms with E-state index in [0.29, 0.717) is 54.8 Å². The zero-order chi connectivity index (χ0) is 28.8. The van der Waals surface area contributed by atoms with Crippen molar-refractivity contribution in [3.8, 4) is 6.07 Å². The molecule has 1 aromatic carbocycles. The number of hydrogen-bond donors (Lipinski definition) is 1. The van der Waals surface area contributed by atoms with Crippen molar-refractivity contribution >= 4 is 16.7 Å².